The Hall–Kier alpha value is -1.62. The molecular formula is C19H22ClNO2S. The maximum Gasteiger partial charge on any atom is 0.203 e. The number of fused-ring (bicyclic) bond motifs is 1. The van der Waals surface area contributed by atoms with E-state index >= 15 is 0 Å². The van der Waals surface area contributed by atoms with Crippen LogP contribution in [0.5, 0.6) is 0 Å². The molecule has 3 rings (SSSR count). The third-order valence-corrected chi connectivity index (χ3v) is 5.01. The topological polar surface area (TPSA) is 31.2 Å². The number of halogens is 1. The summed E-state index contributed by atoms with van der Waals surface area (Å²) in [7, 11) is 1.69. The molecule has 0 unspecified atom stereocenters. The molecule has 3 nitrogen and oxygen atoms in total. The number of aryl methyl sites for hydroxylation is 1. The highest BCUT2D eigenvalue weighted by molar-refractivity contribution is 7.20. The number of hydrogen-bond acceptors (Lipinski definition) is 3. The number of ketones is 1. The van der Waals surface area contributed by atoms with Crippen LogP contribution in [0.4, 0.5) is 0 Å². The predicted octanol–water partition coefficient (Wildman–Crippen LogP) is 5.57. The molecule has 24 heavy (non-hydrogen) atoms. The van der Waals surface area contributed by atoms with Gasteiger partial charge in [-0.05, 0) is 31.2 Å². The average Bonchev–Trinajstić information content (AvgIpc) is 3.11. The number of aromatic nitrogens is 1. The first kappa shape index (κ1) is 18.7. The summed E-state index contributed by atoms with van der Waals surface area (Å²) in [5, 5.41) is 1.68. The number of benzene rings is 1. The minimum absolute atomic E-state index is 0.0136. The van der Waals surface area contributed by atoms with Crippen molar-refractivity contribution in [3.63, 3.8) is 0 Å². The zero-order chi connectivity index (χ0) is 17.7. The summed E-state index contributed by atoms with van der Waals surface area (Å²) in [5.41, 5.74) is 1.80. The summed E-state index contributed by atoms with van der Waals surface area (Å²) >= 11 is 7.49. The highest BCUT2D eigenvalue weighted by atomic mass is 35.5. The molecule has 0 aliphatic rings. The highest BCUT2D eigenvalue weighted by Gasteiger charge is 2.16. The molecule has 0 aliphatic heterocycles. The van der Waals surface area contributed by atoms with Crippen LogP contribution in [0, 0.1) is 6.92 Å². The van der Waals surface area contributed by atoms with Crippen molar-refractivity contribution in [1.29, 1.82) is 0 Å². The standard InChI is InChI=1S/C17H16ClNO2S.C2H6/c1-11-8-13-10-15(22-17(13)19(11)6-7-21-2)16(20)12-4-3-5-14(18)9-12;1-2/h3-5,8-10H,6-7H2,1-2H3;1-2H3. The Morgan fingerprint density at radius 3 is 2.67 bits per heavy atom. The van der Waals surface area contributed by atoms with Crippen molar-refractivity contribution in [3.05, 3.63) is 57.6 Å². The Kier molecular flexibility index (Phi) is 6.60. The van der Waals surface area contributed by atoms with E-state index in [4.69, 9.17) is 16.3 Å². The molecule has 0 amide bonds. The van der Waals surface area contributed by atoms with Crippen molar-refractivity contribution < 1.29 is 9.53 Å². The Morgan fingerprint density at radius 1 is 1.25 bits per heavy atom. The van der Waals surface area contributed by atoms with Crippen LogP contribution >= 0.6 is 22.9 Å². The van der Waals surface area contributed by atoms with Crippen LogP contribution in [0.2, 0.25) is 5.02 Å². The summed E-state index contributed by atoms with van der Waals surface area (Å²) in [4.78, 5) is 14.4. The number of hydrogen-bond donors (Lipinski definition) is 0. The highest BCUT2D eigenvalue weighted by Crippen LogP contribution is 2.30. The lowest BCUT2D eigenvalue weighted by Gasteiger charge is -2.05. The molecule has 3 aromatic rings. The van der Waals surface area contributed by atoms with Gasteiger partial charge in [0.1, 0.15) is 4.83 Å². The molecule has 2 heterocycles. The molecule has 0 saturated heterocycles. The average molecular weight is 364 g/mol. The van der Waals surface area contributed by atoms with Gasteiger partial charge in [-0.3, -0.25) is 4.79 Å². The van der Waals surface area contributed by atoms with Gasteiger partial charge in [0.15, 0.2) is 0 Å². The molecule has 0 radical (unpaired) electrons. The number of rotatable bonds is 5. The summed E-state index contributed by atoms with van der Waals surface area (Å²) < 4.78 is 7.35. The summed E-state index contributed by atoms with van der Waals surface area (Å²) in [6, 6.07) is 11.1. The van der Waals surface area contributed by atoms with Crippen molar-refractivity contribution in [2.75, 3.05) is 13.7 Å². The van der Waals surface area contributed by atoms with E-state index in [2.05, 4.69) is 17.6 Å². The van der Waals surface area contributed by atoms with Gasteiger partial charge >= 0.3 is 0 Å². The predicted molar refractivity (Wildman–Crippen MR) is 103 cm³/mol. The molecule has 0 fully saturated rings. The van der Waals surface area contributed by atoms with Crippen LogP contribution < -0.4 is 0 Å². The molecule has 128 valence electrons. The van der Waals surface area contributed by atoms with E-state index in [0.29, 0.717) is 17.2 Å². The van der Waals surface area contributed by atoms with E-state index in [1.165, 1.54) is 17.0 Å². The molecular weight excluding hydrogens is 342 g/mol. The third-order valence-electron chi connectivity index (χ3n) is 3.61. The minimum Gasteiger partial charge on any atom is -0.383 e. The monoisotopic (exact) mass is 363 g/mol. The van der Waals surface area contributed by atoms with Crippen LogP contribution in [0.25, 0.3) is 10.2 Å². The Labute approximate surface area is 151 Å². The normalized spacial score (nSPS) is 10.5. The van der Waals surface area contributed by atoms with Gasteiger partial charge in [-0.2, -0.15) is 0 Å². The van der Waals surface area contributed by atoms with E-state index in [-0.39, 0.29) is 5.78 Å². The van der Waals surface area contributed by atoms with Crippen LogP contribution in [-0.4, -0.2) is 24.1 Å². The second-order valence-corrected chi connectivity index (χ2v) is 6.61. The lowest BCUT2D eigenvalue weighted by molar-refractivity contribution is 0.104. The molecule has 2 aromatic heterocycles. The van der Waals surface area contributed by atoms with E-state index in [0.717, 1.165) is 21.6 Å². The molecule has 5 heteroatoms. The van der Waals surface area contributed by atoms with Crippen LogP contribution in [0.15, 0.2) is 36.4 Å². The van der Waals surface area contributed by atoms with E-state index < -0.39 is 0 Å². The number of thiophene rings is 1. The van der Waals surface area contributed by atoms with Crippen LogP contribution in [0.1, 0.15) is 34.8 Å². The quantitative estimate of drug-likeness (QED) is 0.555. The second kappa shape index (κ2) is 8.47. The lowest BCUT2D eigenvalue weighted by atomic mass is 10.1. The van der Waals surface area contributed by atoms with Gasteiger partial charge in [0.25, 0.3) is 0 Å². The first-order valence-electron chi connectivity index (χ1n) is 7.99. The van der Waals surface area contributed by atoms with E-state index in [9.17, 15) is 4.79 Å². The van der Waals surface area contributed by atoms with Crippen molar-refractivity contribution in [3.8, 4) is 0 Å². The first-order chi connectivity index (χ1) is 11.6. The van der Waals surface area contributed by atoms with Gasteiger partial charge < -0.3 is 9.30 Å². The van der Waals surface area contributed by atoms with Gasteiger partial charge in [0.05, 0.1) is 11.5 Å². The lowest BCUT2D eigenvalue weighted by Crippen LogP contribution is -2.04. The Balaban J connectivity index is 0.00000100. The zero-order valence-corrected chi connectivity index (χ0v) is 16.0. The van der Waals surface area contributed by atoms with Crippen LogP contribution in [-0.2, 0) is 11.3 Å². The fourth-order valence-corrected chi connectivity index (χ4v) is 3.89. The third kappa shape index (κ3) is 3.89. The van der Waals surface area contributed by atoms with Gasteiger partial charge in [0, 0.05) is 35.3 Å². The zero-order valence-electron chi connectivity index (χ0n) is 14.4. The smallest absolute Gasteiger partial charge is 0.203 e. The van der Waals surface area contributed by atoms with Gasteiger partial charge in [-0.1, -0.05) is 37.6 Å². The molecule has 1 aromatic carbocycles. The minimum atomic E-state index is 0.0136. The van der Waals surface area contributed by atoms with Crippen molar-refractivity contribution in [2.45, 2.75) is 27.3 Å². The van der Waals surface area contributed by atoms with E-state index in [1.807, 2.05) is 19.9 Å². The fraction of sp³-hybridized carbons (Fsp3) is 0.316. The maximum atomic E-state index is 12.6. The summed E-state index contributed by atoms with van der Waals surface area (Å²) in [5.74, 6) is 0.0136. The Bertz CT molecular complexity index is 835. The molecule has 0 bridgehead atoms. The Morgan fingerprint density at radius 2 is 2.00 bits per heavy atom. The number of ether oxygens (including phenoxy) is 1. The fourth-order valence-electron chi connectivity index (χ4n) is 2.52. The SMILES string of the molecule is CC.COCCn1c(C)cc2cc(C(=O)c3cccc(Cl)c3)sc21. The van der Waals surface area contributed by atoms with Crippen molar-refractivity contribution >= 4 is 38.9 Å². The van der Waals surface area contributed by atoms with Gasteiger partial charge in [-0.15, -0.1) is 11.3 Å². The molecule has 0 saturated carbocycles. The van der Waals surface area contributed by atoms with Crippen molar-refractivity contribution in [1.82, 2.24) is 4.57 Å². The van der Waals surface area contributed by atoms with Gasteiger partial charge in [0.2, 0.25) is 5.78 Å². The van der Waals surface area contributed by atoms with E-state index in [1.54, 1.807) is 31.4 Å². The molecule has 0 atom stereocenters. The van der Waals surface area contributed by atoms with Crippen molar-refractivity contribution in [2.24, 2.45) is 0 Å². The number of nitrogens with zero attached hydrogens (tertiary/aromatic N) is 1. The second-order valence-electron chi connectivity index (χ2n) is 5.14. The molecule has 0 spiro atoms. The van der Waals surface area contributed by atoms with Crippen LogP contribution in [0.3, 0.4) is 0 Å². The summed E-state index contributed by atoms with van der Waals surface area (Å²) in [6.45, 7) is 7.51. The summed E-state index contributed by atoms with van der Waals surface area (Å²) in [6.07, 6.45) is 0. The maximum absolute atomic E-state index is 12.6. The first-order valence-corrected chi connectivity index (χ1v) is 9.18. The molecule has 0 N–H and O–H groups in total. The molecule has 0 aliphatic carbocycles. The number of methoxy groups -OCH3 is 1. The number of carbonyl (C=O) groups excluding carboxylic acids is 1. The van der Waals surface area contributed by atoms with Gasteiger partial charge in [-0.25, -0.2) is 0 Å². The number of carbonyl (C=O) groups is 1. The largest absolute Gasteiger partial charge is 0.383 e.